The van der Waals surface area contributed by atoms with Crippen LogP contribution in [0, 0.1) is 0 Å². The highest BCUT2D eigenvalue weighted by Gasteiger charge is 2.21. The SMILES string of the molecule is CN[C@@H](C(=O)OC)C(C)O. The number of likely N-dealkylation sites (N-methyl/N-ethyl adjacent to an activating group) is 1. The van der Waals surface area contributed by atoms with Crippen molar-refractivity contribution in [1.82, 2.24) is 5.32 Å². The van der Waals surface area contributed by atoms with Gasteiger partial charge in [0.1, 0.15) is 6.04 Å². The van der Waals surface area contributed by atoms with Crippen LogP contribution in [-0.2, 0) is 9.53 Å². The summed E-state index contributed by atoms with van der Waals surface area (Å²) in [6, 6.07) is -0.620. The fourth-order valence-corrected chi connectivity index (χ4v) is 0.683. The largest absolute Gasteiger partial charge is 0.468 e. The van der Waals surface area contributed by atoms with Crippen LogP contribution in [-0.4, -0.2) is 37.4 Å². The van der Waals surface area contributed by atoms with Gasteiger partial charge in [0, 0.05) is 0 Å². The first-order valence-electron chi connectivity index (χ1n) is 3.06. The quantitative estimate of drug-likeness (QED) is 0.509. The van der Waals surface area contributed by atoms with E-state index in [9.17, 15) is 4.79 Å². The number of carbonyl (C=O) groups is 1. The summed E-state index contributed by atoms with van der Waals surface area (Å²) in [5.41, 5.74) is 0. The van der Waals surface area contributed by atoms with Gasteiger partial charge in [-0.25, -0.2) is 0 Å². The van der Waals surface area contributed by atoms with Crippen molar-refractivity contribution in [3.8, 4) is 0 Å². The lowest BCUT2D eigenvalue weighted by Crippen LogP contribution is -2.43. The fourth-order valence-electron chi connectivity index (χ4n) is 0.683. The van der Waals surface area contributed by atoms with E-state index in [0.717, 1.165) is 0 Å². The molecule has 10 heavy (non-hydrogen) atoms. The third kappa shape index (κ3) is 2.33. The van der Waals surface area contributed by atoms with E-state index in [2.05, 4.69) is 10.1 Å². The van der Waals surface area contributed by atoms with Gasteiger partial charge < -0.3 is 15.2 Å². The molecule has 0 fully saturated rings. The zero-order valence-corrected chi connectivity index (χ0v) is 6.42. The van der Waals surface area contributed by atoms with Crippen molar-refractivity contribution in [2.75, 3.05) is 14.2 Å². The molecule has 0 aliphatic carbocycles. The lowest BCUT2D eigenvalue weighted by atomic mass is 10.2. The van der Waals surface area contributed by atoms with Crippen molar-refractivity contribution in [3.05, 3.63) is 0 Å². The van der Waals surface area contributed by atoms with Crippen LogP contribution < -0.4 is 5.32 Å². The number of carbonyl (C=O) groups excluding carboxylic acids is 1. The Labute approximate surface area is 60.2 Å². The standard InChI is InChI=1S/C6H13NO3/c1-4(8)5(7-2)6(9)10-3/h4-5,7-8H,1-3H3/t4?,5-/m1/s1. The molecule has 60 valence electrons. The van der Waals surface area contributed by atoms with Gasteiger partial charge >= 0.3 is 5.97 Å². The maximum Gasteiger partial charge on any atom is 0.325 e. The molecule has 0 aromatic carbocycles. The topological polar surface area (TPSA) is 58.6 Å². The van der Waals surface area contributed by atoms with Gasteiger partial charge in [0.2, 0.25) is 0 Å². The molecular weight excluding hydrogens is 134 g/mol. The summed E-state index contributed by atoms with van der Waals surface area (Å²) in [6.07, 6.45) is -0.725. The summed E-state index contributed by atoms with van der Waals surface area (Å²) >= 11 is 0. The van der Waals surface area contributed by atoms with Gasteiger partial charge in [-0.3, -0.25) is 4.79 Å². The maximum atomic E-state index is 10.7. The molecule has 0 aromatic heterocycles. The van der Waals surface area contributed by atoms with E-state index in [4.69, 9.17) is 5.11 Å². The number of esters is 1. The number of hydrogen-bond donors (Lipinski definition) is 2. The molecule has 0 bridgehead atoms. The molecule has 2 atom stereocenters. The first-order chi connectivity index (χ1) is 4.63. The van der Waals surface area contributed by atoms with E-state index < -0.39 is 18.1 Å². The summed E-state index contributed by atoms with van der Waals surface area (Å²) in [5, 5.41) is 11.6. The zero-order chi connectivity index (χ0) is 8.15. The van der Waals surface area contributed by atoms with E-state index in [1.807, 2.05) is 0 Å². The van der Waals surface area contributed by atoms with Crippen LogP contribution in [0.2, 0.25) is 0 Å². The highest BCUT2D eigenvalue weighted by Crippen LogP contribution is 1.93. The normalized spacial score (nSPS) is 16.0. The first-order valence-corrected chi connectivity index (χ1v) is 3.06. The minimum absolute atomic E-state index is 0.447. The third-order valence-electron chi connectivity index (χ3n) is 1.25. The van der Waals surface area contributed by atoms with E-state index >= 15 is 0 Å². The molecule has 1 unspecified atom stereocenters. The van der Waals surface area contributed by atoms with Crippen LogP contribution in [0.3, 0.4) is 0 Å². The van der Waals surface area contributed by atoms with Crippen LogP contribution in [0.4, 0.5) is 0 Å². The number of nitrogens with one attached hydrogen (secondary N) is 1. The van der Waals surface area contributed by atoms with Crippen LogP contribution in [0.5, 0.6) is 0 Å². The lowest BCUT2D eigenvalue weighted by molar-refractivity contribution is -0.145. The van der Waals surface area contributed by atoms with Crippen molar-refractivity contribution in [3.63, 3.8) is 0 Å². The molecule has 4 heteroatoms. The average Bonchev–Trinajstić information content (AvgIpc) is 1.88. The summed E-state index contributed by atoms with van der Waals surface area (Å²) in [7, 11) is 2.88. The monoisotopic (exact) mass is 147 g/mol. The second kappa shape index (κ2) is 4.24. The third-order valence-corrected chi connectivity index (χ3v) is 1.25. The number of aliphatic hydroxyl groups is 1. The van der Waals surface area contributed by atoms with Crippen molar-refractivity contribution >= 4 is 5.97 Å². The van der Waals surface area contributed by atoms with Gasteiger partial charge in [0.05, 0.1) is 13.2 Å². The molecule has 0 radical (unpaired) electrons. The molecule has 4 nitrogen and oxygen atoms in total. The van der Waals surface area contributed by atoms with E-state index in [-0.39, 0.29) is 0 Å². The van der Waals surface area contributed by atoms with Gasteiger partial charge in [0.15, 0.2) is 0 Å². The van der Waals surface area contributed by atoms with Crippen molar-refractivity contribution in [1.29, 1.82) is 0 Å². The first kappa shape index (κ1) is 9.39. The zero-order valence-electron chi connectivity index (χ0n) is 6.42. The molecule has 0 rings (SSSR count). The van der Waals surface area contributed by atoms with Gasteiger partial charge in [-0.2, -0.15) is 0 Å². The predicted octanol–water partition coefficient (Wildman–Crippen LogP) is -0.872. The average molecular weight is 147 g/mol. The van der Waals surface area contributed by atoms with Crippen LogP contribution in [0.15, 0.2) is 0 Å². The molecule has 2 N–H and O–H groups in total. The summed E-state index contributed by atoms with van der Waals surface area (Å²) < 4.78 is 4.40. The Kier molecular flexibility index (Phi) is 3.99. The minimum Gasteiger partial charge on any atom is -0.468 e. The second-order valence-electron chi connectivity index (χ2n) is 2.03. The van der Waals surface area contributed by atoms with Gasteiger partial charge in [-0.15, -0.1) is 0 Å². The summed E-state index contributed by atoms with van der Waals surface area (Å²) in [6.45, 7) is 1.53. The second-order valence-corrected chi connectivity index (χ2v) is 2.03. The Bertz CT molecular complexity index is 114. The molecule has 0 aliphatic heterocycles. The molecule has 0 saturated carbocycles. The van der Waals surface area contributed by atoms with Crippen molar-refractivity contribution in [2.45, 2.75) is 19.1 Å². The summed E-state index contributed by atoms with van der Waals surface area (Å²) in [5.74, 6) is -0.447. The number of rotatable bonds is 3. The number of aliphatic hydroxyl groups excluding tert-OH is 1. The molecular formula is C6H13NO3. The predicted molar refractivity (Wildman–Crippen MR) is 36.5 cm³/mol. The molecule has 0 aromatic rings. The lowest BCUT2D eigenvalue weighted by Gasteiger charge is -2.15. The molecule has 0 aliphatic rings. The van der Waals surface area contributed by atoms with Crippen molar-refractivity contribution in [2.24, 2.45) is 0 Å². The Morgan fingerprint density at radius 2 is 2.20 bits per heavy atom. The van der Waals surface area contributed by atoms with E-state index in [1.165, 1.54) is 14.0 Å². The summed E-state index contributed by atoms with van der Waals surface area (Å²) in [4.78, 5) is 10.7. The van der Waals surface area contributed by atoms with E-state index in [0.29, 0.717) is 0 Å². The molecule has 0 heterocycles. The highest BCUT2D eigenvalue weighted by atomic mass is 16.5. The van der Waals surface area contributed by atoms with Crippen LogP contribution >= 0.6 is 0 Å². The number of methoxy groups -OCH3 is 1. The minimum atomic E-state index is -0.725. The Hall–Kier alpha value is -0.610. The Morgan fingerprint density at radius 3 is 2.30 bits per heavy atom. The molecule has 0 saturated heterocycles. The molecule has 0 spiro atoms. The van der Waals surface area contributed by atoms with Gasteiger partial charge in [-0.1, -0.05) is 0 Å². The van der Waals surface area contributed by atoms with Crippen molar-refractivity contribution < 1.29 is 14.6 Å². The van der Waals surface area contributed by atoms with E-state index in [1.54, 1.807) is 7.05 Å². The Balaban J connectivity index is 3.93. The maximum absolute atomic E-state index is 10.7. The van der Waals surface area contributed by atoms with Crippen LogP contribution in [0.25, 0.3) is 0 Å². The number of hydrogen-bond acceptors (Lipinski definition) is 4. The van der Waals surface area contributed by atoms with Gasteiger partial charge in [0.25, 0.3) is 0 Å². The highest BCUT2D eigenvalue weighted by molar-refractivity contribution is 5.76. The van der Waals surface area contributed by atoms with Gasteiger partial charge in [-0.05, 0) is 14.0 Å². The Morgan fingerprint density at radius 1 is 1.70 bits per heavy atom. The number of ether oxygens (including phenoxy) is 1. The fraction of sp³-hybridized carbons (Fsp3) is 0.833. The van der Waals surface area contributed by atoms with Crippen LogP contribution in [0.1, 0.15) is 6.92 Å². The smallest absolute Gasteiger partial charge is 0.325 e. The molecule has 0 amide bonds.